The van der Waals surface area contributed by atoms with Crippen molar-refractivity contribution in [3.05, 3.63) is 35.4 Å². The second kappa shape index (κ2) is 7.04. The molecule has 0 amide bonds. The Morgan fingerprint density at radius 1 is 1.11 bits per heavy atom. The molecular formula is C16H25NO2. The summed E-state index contributed by atoms with van der Waals surface area (Å²) in [7, 11) is 0. The van der Waals surface area contributed by atoms with Crippen molar-refractivity contribution in [2.45, 2.75) is 38.9 Å². The van der Waals surface area contributed by atoms with Gasteiger partial charge in [0.25, 0.3) is 0 Å². The topological polar surface area (TPSA) is 43.7 Å². The van der Waals surface area contributed by atoms with Crippen molar-refractivity contribution in [1.82, 2.24) is 4.90 Å². The summed E-state index contributed by atoms with van der Waals surface area (Å²) in [5.41, 5.74) is 1.83. The first kappa shape index (κ1) is 14.5. The van der Waals surface area contributed by atoms with Crippen LogP contribution in [0, 0.1) is 5.92 Å². The first-order valence-electron chi connectivity index (χ1n) is 7.31. The number of hydrogen-bond acceptors (Lipinski definition) is 3. The minimum Gasteiger partial charge on any atom is -0.392 e. The minimum absolute atomic E-state index is 0.0553. The molecule has 3 nitrogen and oxygen atoms in total. The second-order valence-corrected chi connectivity index (χ2v) is 5.68. The normalized spacial score (nSPS) is 20.2. The number of benzene rings is 1. The van der Waals surface area contributed by atoms with Crippen LogP contribution in [0.3, 0.4) is 0 Å². The smallest absolute Gasteiger partial charge is 0.0827 e. The Labute approximate surface area is 115 Å². The average molecular weight is 263 g/mol. The highest BCUT2D eigenvalue weighted by Gasteiger charge is 2.20. The van der Waals surface area contributed by atoms with Gasteiger partial charge in [0.05, 0.1) is 12.7 Å². The summed E-state index contributed by atoms with van der Waals surface area (Å²) >= 11 is 0. The lowest BCUT2D eigenvalue weighted by Crippen LogP contribution is -2.35. The number of piperidine rings is 1. The molecule has 0 spiro atoms. The molecule has 106 valence electrons. The molecule has 0 aromatic heterocycles. The van der Waals surface area contributed by atoms with E-state index < -0.39 is 6.10 Å². The van der Waals surface area contributed by atoms with Gasteiger partial charge in [0.1, 0.15) is 0 Å². The van der Waals surface area contributed by atoms with Crippen LogP contribution in [0.5, 0.6) is 0 Å². The lowest BCUT2D eigenvalue weighted by atomic mass is 9.95. The van der Waals surface area contributed by atoms with Crippen LogP contribution in [0.25, 0.3) is 0 Å². The molecule has 1 saturated heterocycles. The molecule has 1 aromatic carbocycles. The monoisotopic (exact) mass is 263 g/mol. The standard InChI is InChI=1S/C16H25NO2/c1-13(11-17-9-3-2-4-10-17)16(19)15-7-5-14(12-18)6-8-15/h5-8,13,16,18-19H,2-4,9-12H2,1H3. The quantitative estimate of drug-likeness (QED) is 0.857. The van der Waals surface area contributed by atoms with Crippen LogP contribution >= 0.6 is 0 Å². The molecule has 19 heavy (non-hydrogen) atoms. The van der Waals surface area contributed by atoms with E-state index in [1.54, 1.807) is 0 Å². The number of hydrogen-bond donors (Lipinski definition) is 2. The Kier molecular flexibility index (Phi) is 5.37. The predicted octanol–water partition coefficient (Wildman–Crippen LogP) is 2.33. The number of aliphatic hydroxyl groups is 2. The summed E-state index contributed by atoms with van der Waals surface area (Å²) in [4.78, 5) is 2.46. The fourth-order valence-electron chi connectivity index (χ4n) is 2.80. The first-order valence-corrected chi connectivity index (χ1v) is 7.31. The van der Waals surface area contributed by atoms with Gasteiger partial charge in [-0.15, -0.1) is 0 Å². The van der Waals surface area contributed by atoms with E-state index in [-0.39, 0.29) is 12.5 Å². The Morgan fingerprint density at radius 2 is 1.74 bits per heavy atom. The predicted molar refractivity (Wildman–Crippen MR) is 76.8 cm³/mol. The van der Waals surface area contributed by atoms with E-state index in [0.29, 0.717) is 0 Å². The molecular weight excluding hydrogens is 238 g/mol. The van der Waals surface area contributed by atoms with Crippen molar-refractivity contribution in [1.29, 1.82) is 0 Å². The number of rotatable bonds is 5. The molecule has 2 N–H and O–H groups in total. The Bertz CT molecular complexity index is 371. The van der Waals surface area contributed by atoms with Crippen molar-refractivity contribution in [3.8, 4) is 0 Å². The number of nitrogens with zero attached hydrogens (tertiary/aromatic N) is 1. The van der Waals surface area contributed by atoms with Gasteiger partial charge in [-0.25, -0.2) is 0 Å². The summed E-state index contributed by atoms with van der Waals surface area (Å²) in [6, 6.07) is 7.60. The maximum absolute atomic E-state index is 10.4. The highest BCUT2D eigenvalue weighted by atomic mass is 16.3. The average Bonchev–Trinajstić information content (AvgIpc) is 2.47. The number of likely N-dealkylation sites (tertiary alicyclic amines) is 1. The zero-order valence-corrected chi connectivity index (χ0v) is 11.8. The van der Waals surface area contributed by atoms with Gasteiger partial charge in [0.2, 0.25) is 0 Å². The maximum Gasteiger partial charge on any atom is 0.0827 e. The van der Waals surface area contributed by atoms with Crippen LogP contribution in [0.4, 0.5) is 0 Å². The van der Waals surface area contributed by atoms with E-state index in [4.69, 9.17) is 5.11 Å². The third-order valence-electron chi connectivity index (χ3n) is 4.04. The van der Waals surface area contributed by atoms with Crippen LogP contribution in [0.2, 0.25) is 0 Å². The molecule has 0 radical (unpaired) electrons. The molecule has 1 aromatic rings. The molecule has 0 aliphatic carbocycles. The number of aliphatic hydroxyl groups excluding tert-OH is 2. The maximum atomic E-state index is 10.4. The molecule has 1 aliphatic rings. The van der Waals surface area contributed by atoms with E-state index in [9.17, 15) is 5.11 Å². The molecule has 0 bridgehead atoms. The Balaban J connectivity index is 1.91. The largest absolute Gasteiger partial charge is 0.392 e. The molecule has 1 heterocycles. The lowest BCUT2D eigenvalue weighted by molar-refractivity contribution is 0.0820. The zero-order chi connectivity index (χ0) is 13.7. The van der Waals surface area contributed by atoms with Crippen molar-refractivity contribution in [2.24, 2.45) is 5.92 Å². The Morgan fingerprint density at radius 3 is 2.32 bits per heavy atom. The highest BCUT2D eigenvalue weighted by Crippen LogP contribution is 2.24. The molecule has 2 unspecified atom stereocenters. The molecule has 1 fully saturated rings. The zero-order valence-electron chi connectivity index (χ0n) is 11.8. The van der Waals surface area contributed by atoms with Gasteiger partial charge in [-0.2, -0.15) is 0 Å². The van der Waals surface area contributed by atoms with Crippen LogP contribution < -0.4 is 0 Å². The van der Waals surface area contributed by atoms with Gasteiger partial charge in [-0.1, -0.05) is 37.6 Å². The lowest BCUT2D eigenvalue weighted by Gasteiger charge is -2.31. The molecule has 3 heteroatoms. The molecule has 0 saturated carbocycles. The van der Waals surface area contributed by atoms with Gasteiger partial charge < -0.3 is 15.1 Å². The third-order valence-corrected chi connectivity index (χ3v) is 4.04. The fourth-order valence-corrected chi connectivity index (χ4v) is 2.80. The van der Waals surface area contributed by atoms with E-state index in [2.05, 4.69) is 11.8 Å². The Hall–Kier alpha value is -0.900. The highest BCUT2D eigenvalue weighted by molar-refractivity contribution is 5.24. The van der Waals surface area contributed by atoms with Crippen LogP contribution in [0.1, 0.15) is 43.4 Å². The van der Waals surface area contributed by atoms with E-state index in [1.807, 2.05) is 24.3 Å². The third kappa shape index (κ3) is 4.03. The molecule has 2 rings (SSSR count). The van der Waals surface area contributed by atoms with Crippen molar-refractivity contribution < 1.29 is 10.2 Å². The summed E-state index contributed by atoms with van der Waals surface area (Å²) in [5, 5.41) is 19.4. The first-order chi connectivity index (χ1) is 9.20. The van der Waals surface area contributed by atoms with Crippen molar-refractivity contribution in [3.63, 3.8) is 0 Å². The van der Waals surface area contributed by atoms with E-state index in [1.165, 1.54) is 32.4 Å². The van der Waals surface area contributed by atoms with Crippen molar-refractivity contribution >= 4 is 0 Å². The summed E-state index contributed by atoms with van der Waals surface area (Å²) in [6.45, 7) is 5.46. The van der Waals surface area contributed by atoms with Crippen molar-refractivity contribution in [2.75, 3.05) is 19.6 Å². The fraction of sp³-hybridized carbons (Fsp3) is 0.625. The van der Waals surface area contributed by atoms with E-state index in [0.717, 1.165) is 17.7 Å². The molecule has 1 aliphatic heterocycles. The molecule has 2 atom stereocenters. The second-order valence-electron chi connectivity index (χ2n) is 5.68. The summed E-state index contributed by atoms with van der Waals surface area (Å²) in [6.07, 6.45) is 3.49. The minimum atomic E-state index is -0.422. The van der Waals surface area contributed by atoms with Gasteiger partial charge in [-0.3, -0.25) is 0 Å². The van der Waals surface area contributed by atoms with Gasteiger partial charge in [0.15, 0.2) is 0 Å². The van der Waals surface area contributed by atoms with Gasteiger partial charge in [0, 0.05) is 6.54 Å². The van der Waals surface area contributed by atoms with Gasteiger partial charge in [-0.05, 0) is 43.0 Å². The summed E-state index contributed by atoms with van der Waals surface area (Å²) in [5.74, 6) is 0.234. The van der Waals surface area contributed by atoms with Gasteiger partial charge >= 0.3 is 0 Å². The van der Waals surface area contributed by atoms with Crippen LogP contribution in [-0.2, 0) is 6.61 Å². The van der Waals surface area contributed by atoms with E-state index >= 15 is 0 Å². The summed E-state index contributed by atoms with van der Waals surface area (Å²) < 4.78 is 0. The van der Waals surface area contributed by atoms with Crippen LogP contribution in [0.15, 0.2) is 24.3 Å². The SMILES string of the molecule is CC(CN1CCCCC1)C(O)c1ccc(CO)cc1. The van der Waals surface area contributed by atoms with Crippen LogP contribution in [-0.4, -0.2) is 34.7 Å².